The second kappa shape index (κ2) is 13.3. The maximum absolute atomic E-state index is 11.6. The van der Waals surface area contributed by atoms with Gasteiger partial charge in [-0.1, -0.05) is 36.4 Å². The maximum Gasteiger partial charge on any atom is 0.335 e. The molecule has 0 saturated carbocycles. The summed E-state index contributed by atoms with van der Waals surface area (Å²) < 4.78 is 13.2. The standard InChI is InChI=1S/C18H15N3O4.C12H9BrN2O3/c1-20-11-12(7-10-16(20)22)14-8-9-15(19)17(21(23)24)18(14)25-13-5-3-2-4-6-13;13-9-6-7-10(14)11(15(16)17)12(9)18-8-4-2-1-3-5-8/h2-11H,19H2,1H3;1-7H,14H2. The average molecular weight is 646 g/mol. The van der Waals surface area contributed by atoms with Crippen LogP contribution in [-0.2, 0) is 7.05 Å². The molecule has 1 heterocycles. The molecule has 0 spiro atoms. The Morgan fingerprint density at radius 2 is 1.19 bits per heavy atom. The molecule has 12 nitrogen and oxygen atoms in total. The van der Waals surface area contributed by atoms with Crippen LogP contribution in [0.5, 0.6) is 23.0 Å². The number of rotatable bonds is 7. The zero-order valence-electron chi connectivity index (χ0n) is 22.5. The van der Waals surface area contributed by atoms with Gasteiger partial charge in [-0.05, 0) is 70.5 Å². The molecule has 0 aliphatic carbocycles. The summed E-state index contributed by atoms with van der Waals surface area (Å²) in [5.41, 5.74) is 11.8. The minimum absolute atomic E-state index is 0.00417. The van der Waals surface area contributed by atoms with Crippen LogP contribution in [0.4, 0.5) is 22.7 Å². The highest BCUT2D eigenvalue weighted by atomic mass is 79.9. The molecule has 0 saturated heterocycles. The first-order chi connectivity index (χ1) is 20.6. The van der Waals surface area contributed by atoms with Gasteiger partial charge in [0.15, 0.2) is 0 Å². The largest absolute Gasteiger partial charge is 0.449 e. The van der Waals surface area contributed by atoms with Crippen LogP contribution in [0, 0.1) is 20.2 Å². The summed E-state index contributed by atoms with van der Waals surface area (Å²) in [5, 5.41) is 22.5. The summed E-state index contributed by atoms with van der Waals surface area (Å²) in [7, 11) is 1.61. The van der Waals surface area contributed by atoms with Crippen LogP contribution in [0.2, 0.25) is 0 Å². The van der Waals surface area contributed by atoms with Gasteiger partial charge in [-0.3, -0.25) is 25.0 Å². The third kappa shape index (κ3) is 7.15. The summed E-state index contributed by atoms with van der Waals surface area (Å²) in [5.74, 6) is 1.09. The van der Waals surface area contributed by atoms with Crippen molar-refractivity contribution in [2.45, 2.75) is 0 Å². The van der Waals surface area contributed by atoms with E-state index in [4.69, 9.17) is 20.9 Å². The van der Waals surface area contributed by atoms with Crippen molar-refractivity contribution in [2.24, 2.45) is 7.05 Å². The molecule has 0 amide bonds. The lowest BCUT2D eigenvalue weighted by atomic mass is 10.0. The molecule has 5 rings (SSSR count). The third-order valence-electron chi connectivity index (χ3n) is 5.97. The number of nitrogen functional groups attached to an aromatic ring is 2. The lowest BCUT2D eigenvalue weighted by Gasteiger charge is -2.13. The average Bonchev–Trinajstić information content (AvgIpc) is 2.98. The molecule has 43 heavy (non-hydrogen) atoms. The molecule has 0 aliphatic heterocycles. The molecule has 4 aromatic carbocycles. The molecule has 13 heteroatoms. The number of nitrogens with two attached hydrogens (primary N) is 2. The summed E-state index contributed by atoms with van der Waals surface area (Å²) in [6.45, 7) is 0. The highest BCUT2D eigenvalue weighted by Crippen LogP contribution is 2.44. The first-order valence-corrected chi connectivity index (χ1v) is 13.3. The Hall–Kier alpha value is -5.69. The van der Waals surface area contributed by atoms with Crippen LogP contribution < -0.4 is 26.5 Å². The number of pyridine rings is 1. The third-order valence-corrected chi connectivity index (χ3v) is 6.59. The van der Waals surface area contributed by atoms with E-state index in [0.717, 1.165) is 0 Å². The van der Waals surface area contributed by atoms with Crippen molar-refractivity contribution in [2.75, 3.05) is 11.5 Å². The lowest BCUT2D eigenvalue weighted by Crippen LogP contribution is -2.14. The van der Waals surface area contributed by atoms with Crippen molar-refractivity contribution < 1.29 is 19.3 Å². The zero-order valence-corrected chi connectivity index (χ0v) is 24.1. The molecule has 218 valence electrons. The van der Waals surface area contributed by atoms with Gasteiger partial charge in [0.25, 0.3) is 0 Å². The monoisotopic (exact) mass is 645 g/mol. The van der Waals surface area contributed by atoms with Crippen LogP contribution in [-0.4, -0.2) is 14.4 Å². The van der Waals surface area contributed by atoms with Gasteiger partial charge in [-0.25, -0.2) is 0 Å². The highest BCUT2D eigenvalue weighted by Gasteiger charge is 2.25. The molecule has 0 unspecified atom stereocenters. The Balaban J connectivity index is 0.000000208. The van der Waals surface area contributed by atoms with Crippen molar-refractivity contribution >= 4 is 38.7 Å². The van der Waals surface area contributed by atoms with Crippen molar-refractivity contribution in [3.63, 3.8) is 0 Å². The van der Waals surface area contributed by atoms with E-state index in [2.05, 4.69) is 15.9 Å². The summed E-state index contributed by atoms with van der Waals surface area (Å²) in [6, 6.07) is 26.7. The van der Waals surface area contributed by atoms with Crippen LogP contribution in [0.3, 0.4) is 0 Å². The number of nitro groups is 2. The number of aryl methyl sites for hydroxylation is 1. The molecule has 0 radical (unpaired) electrons. The van der Waals surface area contributed by atoms with Gasteiger partial charge in [0.2, 0.25) is 17.1 Å². The topological polar surface area (TPSA) is 179 Å². The Morgan fingerprint density at radius 3 is 1.70 bits per heavy atom. The highest BCUT2D eigenvalue weighted by molar-refractivity contribution is 9.10. The first kappa shape index (κ1) is 30.3. The predicted molar refractivity (Wildman–Crippen MR) is 166 cm³/mol. The fourth-order valence-electron chi connectivity index (χ4n) is 3.92. The van der Waals surface area contributed by atoms with Crippen LogP contribution in [0.15, 0.2) is 113 Å². The molecule has 0 atom stereocenters. The summed E-state index contributed by atoms with van der Waals surface area (Å²) in [4.78, 5) is 33.0. The molecule has 0 aliphatic rings. The Labute approximate surface area is 253 Å². The normalized spacial score (nSPS) is 10.3. The van der Waals surface area contributed by atoms with Crippen LogP contribution in [0.1, 0.15) is 0 Å². The van der Waals surface area contributed by atoms with E-state index in [1.807, 2.05) is 12.1 Å². The number of benzene rings is 4. The van der Waals surface area contributed by atoms with E-state index in [1.165, 1.54) is 22.8 Å². The Kier molecular flexibility index (Phi) is 9.37. The van der Waals surface area contributed by atoms with E-state index in [1.54, 1.807) is 80.0 Å². The number of halogens is 1. The van der Waals surface area contributed by atoms with Gasteiger partial charge in [-0.2, -0.15) is 0 Å². The van der Waals surface area contributed by atoms with Crippen molar-refractivity contribution in [3.05, 3.63) is 138 Å². The second-order valence-corrected chi connectivity index (χ2v) is 9.76. The number of aromatic nitrogens is 1. The lowest BCUT2D eigenvalue weighted by molar-refractivity contribution is -0.384. The predicted octanol–water partition coefficient (Wildman–Crippen LogP) is 7.07. The van der Waals surface area contributed by atoms with E-state index >= 15 is 0 Å². The molecule has 1 aromatic heterocycles. The van der Waals surface area contributed by atoms with Gasteiger partial charge < -0.3 is 25.5 Å². The number of ether oxygens (including phenoxy) is 2. The molecule has 5 aromatic rings. The first-order valence-electron chi connectivity index (χ1n) is 12.5. The van der Waals surface area contributed by atoms with Gasteiger partial charge in [-0.15, -0.1) is 0 Å². The smallest absolute Gasteiger partial charge is 0.335 e. The maximum atomic E-state index is 11.6. The van der Waals surface area contributed by atoms with Gasteiger partial charge in [0.05, 0.1) is 14.3 Å². The van der Waals surface area contributed by atoms with E-state index in [9.17, 15) is 25.0 Å². The summed E-state index contributed by atoms with van der Waals surface area (Å²) in [6.07, 6.45) is 1.59. The SMILES string of the molecule is Cn1cc(-c2ccc(N)c([N+](=O)[O-])c2Oc2ccccc2)ccc1=O.Nc1ccc(Br)c(Oc2ccccc2)c1[N+](=O)[O-]. The van der Waals surface area contributed by atoms with Gasteiger partial charge in [0.1, 0.15) is 22.9 Å². The number of para-hydroxylation sites is 2. The number of nitrogens with zero attached hydrogens (tertiary/aromatic N) is 3. The zero-order chi connectivity index (χ0) is 31.1. The van der Waals surface area contributed by atoms with E-state index in [0.29, 0.717) is 27.1 Å². The second-order valence-electron chi connectivity index (χ2n) is 8.91. The van der Waals surface area contributed by atoms with E-state index in [-0.39, 0.29) is 39.8 Å². The van der Waals surface area contributed by atoms with Crippen molar-refractivity contribution in [1.29, 1.82) is 0 Å². The summed E-state index contributed by atoms with van der Waals surface area (Å²) >= 11 is 3.22. The number of hydrogen-bond acceptors (Lipinski definition) is 9. The quantitative estimate of drug-likeness (QED) is 0.106. The Morgan fingerprint density at radius 1 is 0.698 bits per heavy atom. The molecular formula is C30H24BrN5O7. The number of hydrogen-bond donors (Lipinski definition) is 2. The van der Waals surface area contributed by atoms with E-state index < -0.39 is 9.85 Å². The minimum atomic E-state index is -0.570. The molecule has 4 N–H and O–H groups in total. The van der Waals surface area contributed by atoms with Crippen molar-refractivity contribution in [3.8, 4) is 34.1 Å². The molecule has 0 fully saturated rings. The minimum Gasteiger partial charge on any atom is -0.449 e. The Bertz CT molecular complexity index is 1850. The van der Waals surface area contributed by atoms with Gasteiger partial charge >= 0.3 is 11.4 Å². The number of anilines is 2. The fourth-order valence-corrected chi connectivity index (χ4v) is 4.32. The molecule has 0 bridgehead atoms. The van der Waals surface area contributed by atoms with Crippen LogP contribution in [0.25, 0.3) is 11.1 Å². The fraction of sp³-hybridized carbons (Fsp3) is 0.0333. The van der Waals surface area contributed by atoms with Crippen molar-refractivity contribution in [1.82, 2.24) is 4.57 Å². The van der Waals surface area contributed by atoms with Crippen LogP contribution >= 0.6 is 15.9 Å². The van der Waals surface area contributed by atoms with Gasteiger partial charge in [0, 0.05) is 30.4 Å². The number of nitro benzene ring substituents is 2. The molecular weight excluding hydrogens is 622 g/mol.